The van der Waals surface area contributed by atoms with Crippen molar-refractivity contribution in [1.29, 1.82) is 0 Å². The third-order valence-corrected chi connectivity index (χ3v) is 4.60. The lowest BCUT2D eigenvalue weighted by Crippen LogP contribution is -2.05. The quantitative estimate of drug-likeness (QED) is 0.420. The van der Waals surface area contributed by atoms with Crippen molar-refractivity contribution in [1.82, 2.24) is 0 Å². The molecule has 0 aliphatic heterocycles. The zero-order valence-electron chi connectivity index (χ0n) is 14.1. The standard InChI is InChI=1S/C24H18O/c1-17-16-22(18-10-4-2-5-11-18)23(21-15-9-8-14-20(17)21)24(25)19-12-6-3-7-13-19/h2-16H,1H3. The molecular weight excluding hydrogens is 304 g/mol. The molecule has 1 heteroatoms. The van der Waals surface area contributed by atoms with Gasteiger partial charge in [-0.05, 0) is 34.4 Å². The van der Waals surface area contributed by atoms with Gasteiger partial charge < -0.3 is 0 Å². The van der Waals surface area contributed by atoms with Crippen LogP contribution in [-0.4, -0.2) is 5.78 Å². The molecule has 0 bridgehead atoms. The van der Waals surface area contributed by atoms with E-state index in [1.807, 2.05) is 66.7 Å². The highest BCUT2D eigenvalue weighted by Gasteiger charge is 2.19. The van der Waals surface area contributed by atoms with Gasteiger partial charge in [0, 0.05) is 11.1 Å². The van der Waals surface area contributed by atoms with Crippen molar-refractivity contribution < 1.29 is 4.79 Å². The number of ketones is 1. The number of fused-ring (bicyclic) bond motifs is 1. The molecule has 0 N–H and O–H groups in total. The van der Waals surface area contributed by atoms with Gasteiger partial charge in [-0.1, -0.05) is 91.0 Å². The number of carbonyl (C=O) groups excluding carboxylic acids is 1. The molecule has 4 aromatic rings. The minimum Gasteiger partial charge on any atom is -0.289 e. The van der Waals surface area contributed by atoms with Crippen LogP contribution in [0.4, 0.5) is 0 Å². The summed E-state index contributed by atoms with van der Waals surface area (Å²) in [7, 11) is 0. The van der Waals surface area contributed by atoms with Crippen molar-refractivity contribution in [2.75, 3.05) is 0 Å². The largest absolute Gasteiger partial charge is 0.289 e. The van der Waals surface area contributed by atoms with Gasteiger partial charge in [-0.15, -0.1) is 0 Å². The van der Waals surface area contributed by atoms with Crippen LogP contribution in [0, 0.1) is 6.92 Å². The van der Waals surface area contributed by atoms with Gasteiger partial charge >= 0.3 is 0 Å². The number of hydrogen-bond acceptors (Lipinski definition) is 1. The van der Waals surface area contributed by atoms with Crippen LogP contribution in [0.15, 0.2) is 91.0 Å². The van der Waals surface area contributed by atoms with Crippen LogP contribution in [-0.2, 0) is 0 Å². The average molecular weight is 322 g/mol. The van der Waals surface area contributed by atoms with Crippen molar-refractivity contribution in [2.45, 2.75) is 6.92 Å². The molecule has 120 valence electrons. The van der Waals surface area contributed by atoms with E-state index < -0.39 is 0 Å². The van der Waals surface area contributed by atoms with Crippen molar-refractivity contribution in [2.24, 2.45) is 0 Å². The van der Waals surface area contributed by atoms with E-state index in [0.29, 0.717) is 5.56 Å². The maximum atomic E-state index is 13.4. The first-order valence-corrected chi connectivity index (χ1v) is 8.43. The lowest BCUT2D eigenvalue weighted by molar-refractivity contribution is 0.104. The number of carbonyl (C=O) groups is 1. The third kappa shape index (κ3) is 2.74. The Labute approximate surface area is 147 Å². The van der Waals surface area contributed by atoms with Crippen molar-refractivity contribution in [3.8, 4) is 11.1 Å². The van der Waals surface area contributed by atoms with Crippen molar-refractivity contribution in [3.05, 3.63) is 108 Å². The molecule has 0 heterocycles. The predicted molar refractivity (Wildman–Crippen MR) is 104 cm³/mol. The monoisotopic (exact) mass is 322 g/mol. The van der Waals surface area contributed by atoms with E-state index in [4.69, 9.17) is 0 Å². The van der Waals surface area contributed by atoms with Gasteiger partial charge in [0.2, 0.25) is 0 Å². The molecule has 0 aliphatic carbocycles. The first-order chi connectivity index (χ1) is 12.3. The van der Waals surface area contributed by atoms with E-state index in [1.165, 1.54) is 5.56 Å². The van der Waals surface area contributed by atoms with E-state index in [2.05, 4.69) is 31.2 Å². The van der Waals surface area contributed by atoms with Crippen LogP contribution in [0.5, 0.6) is 0 Å². The molecule has 0 saturated carbocycles. The minimum atomic E-state index is 0.0654. The fourth-order valence-corrected chi connectivity index (χ4v) is 3.38. The molecule has 4 rings (SSSR count). The van der Waals surface area contributed by atoms with E-state index >= 15 is 0 Å². The Morgan fingerprint density at radius 3 is 1.92 bits per heavy atom. The summed E-state index contributed by atoms with van der Waals surface area (Å²) in [6.07, 6.45) is 0. The Morgan fingerprint density at radius 1 is 0.680 bits per heavy atom. The van der Waals surface area contributed by atoms with Gasteiger partial charge in [0.15, 0.2) is 5.78 Å². The van der Waals surface area contributed by atoms with Crippen LogP contribution in [0.1, 0.15) is 21.5 Å². The molecule has 4 aromatic carbocycles. The molecule has 0 fully saturated rings. The number of benzene rings is 4. The molecule has 0 radical (unpaired) electrons. The molecule has 0 amide bonds. The molecule has 1 nitrogen and oxygen atoms in total. The third-order valence-electron chi connectivity index (χ3n) is 4.60. The summed E-state index contributed by atoms with van der Waals surface area (Å²) < 4.78 is 0. The second-order valence-corrected chi connectivity index (χ2v) is 6.22. The first-order valence-electron chi connectivity index (χ1n) is 8.43. The summed E-state index contributed by atoms with van der Waals surface area (Å²) in [6, 6.07) is 29.9. The summed E-state index contributed by atoms with van der Waals surface area (Å²) in [5.74, 6) is 0.0654. The zero-order valence-corrected chi connectivity index (χ0v) is 14.1. The van der Waals surface area contributed by atoms with Crippen LogP contribution >= 0.6 is 0 Å². The molecular formula is C24H18O. The van der Waals surface area contributed by atoms with E-state index in [1.54, 1.807) is 0 Å². The van der Waals surface area contributed by atoms with Crippen molar-refractivity contribution in [3.63, 3.8) is 0 Å². The summed E-state index contributed by atoms with van der Waals surface area (Å²) in [6.45, 7) is 2.10. The van der Waals surface area contributed by atoms with Gasteiger partial charge in [0.1, 0.15) is 0 Å². The summed E-state index contributed by atoms with van der Waals surface area (Å²) in [5, 5.41) is 2.14. The Hall–Kier alpha value is -3.19. The van der Waals surface area contributed by atoms with Gasteiger partial charge in [-0.2, -0.15) is 0 Å². The van der Waals surface area contributed by atoms with Gasteiger partial charge in [-0.3, -0.25) is 4.79 Å². The van der Waals surface area contributed by atoms with Gasteiger partial charge in [-0.25, -0.2) is 0 Å². The van der Waals surface area contributed by atoms with E-state index in [0.717, 1.165) is 27.5 Å². The highest BCUT2D eigenvalue weighted by molar-refractivity contribution is 6.20. The minimum absolute atomic E-state index is 0.0654. The fraction of sp³-hybridized carbons (Fsp3) is 0.0417. The molecule has 0 spiro atoms. The van der Waals surface area contributed by atoms with Gasteiger partial charge in [0.25, 0.3) is 0 Å². The molecule has 0 unspecified atom stereocenters. The van der Waals surface area contributed by atoms with E-state index in [-0.39, 0.29) is 5.78 Å². The average Bonchev–Trinajstić information content (AvgIpc) is 2.69. The van der Waals surface area contributed by atoms with E-state index in [9.17, 15) is 4.79 Å². The molecule has 0 aliphatic rings. The smallest absolute Gasteiger partial charge is 0.194 e. The predicted octanol–water partition coefficient (Wildman–Crippen LogP) is 6.05. The van der Waals surface area contributed by atoms with Crippen LogP contribution in [0.25, 0.3) is 21.9 Å². The number of aryl methyl sites for hydroxylation is 1. The second kappa shape index (κ2) is 6.37. The highest BCUT2D eigenvalue weighted by Crippen LogP contribution is 2.34. The topological polar surface area (TPSA) is 17.1 Å². The maximum absolute atomic E-state index is 13.4. The lowest BCUT2D eigenvalue weighted by Gasteiger charge is -2.15. The Kier molecular flexibility index (Phi) is 3.91. The Morgan fingerprint density at radius 2 is 1.24 bits per heavy atom. The van der Waals surface area contributed by atoms with Crippen LogP contribution < -0.4 is 0 Å². The normalized spacial score (nSPS) is 10.8. The summed E-state index contributed by atoms with van der Waals surface area (Å²) in [4.78, 5) is 13.4. The first kappa shape index (κ1) is 15.3. The number of hydrogen-bond donors (Lipinski definition) is 0. The highest BCUT2D eigenvalue weighted by atomic mass is 16.1. The zero-order chi connectivity index (χ0) is 17.2. The van der Waals surface area contributed by atoms with Crippen molar-refractivity contribution >= 4 is 16.6 Å². The SMILES string of the molecule is Cc1cc(-c2ccccc2)c(C(=O)c2ccccc2)c2ccccc12. The number of rotatable bonds is 3. The second-order valence-electron chi connectivity index (χ2n) is 6.22. The van der Waals surface area contributed by atoms with Gasteiger partial charge in [0.05, 0.1) is 0 Å². The molecule has 0 atom stereocenters. The van der Waals surface area contributed by atoms with Crippen LogP contribution in [0.2, 0.25) is 0 Å². The molecule has 0 saturated heterocycles. The molecule has 25 heavy (non-hydrogen) atoms. The lowest BCUT2D eigenvalue weighted by atomic mass is 9.87. The fourth-order valence-electron chi connectivity index (χ4n) is 3.38. The Balaban J connectivity index is 2.07. The summed E-state index contributed by atoms with van der Waals surface area (Å²) >= 11 is 0. The summed E-state index contributed by atoms with van der Waals surface area (Å²) in [5.41, 5.74) is 4.73. The molecule has 0 aromatic heterocycles. The van der Waals surface area contributed by atoms with Crippen LogP contribution in [0.3, 0.4) is 0 Å². The Bertz CT molecular complexity index is 1050. The maximum Gasteiger partial charge on any atom is 0.194 e.